The first-order chi connectivity index (χ1) is 20.3. The highest BCUT2D eigenvalue weighted by Crippen LogP contribution is 2.40. The van der Waals surface area contributed by atoms with Crippen molar-refractivity contribution in [2.45, 2.75) is 49.7 Å². The minimum Gasteiger partial charge on any atom is -0.343 e. The van der Waals surface area contributed by atoms with Crippen LogP contribution in [0.25, 0.3) is 0 Å². The fourth-order valence-electron chi connectivity index (χ4n) is 5.68. The van der Waals surface area contributed by atoms with Gasteiger partial charge in [0.15, 0.2) is 5.67 Å². The summed E-state index contributed by atoms with van der Waals surface area (Å²) in [7, 11) is 2.28. The van der Waals surface area contributed by atoms with Crippen molar-refractivity contribution in [1.29, 1.82) is 0 Å². The van der Waals surface area contributed by atoms with E-state index in [1.165, 1.54) is 35.9 Å². The highest BCUT2D eigenvalue weighted by Gasteiger charge is 2.49. The Balaban J connectivity index is 1.63. The molecule has 7 nitrogen and oxygen atoms in total. The van der Waals surface area contributed by atoms with Crippen LogP contribution in [0.5, 0.6) is 0 Å². The molecule has 2 atom stereocenters. The number of nitrogens with zero attached hydrogens (tertiary/aromatic N) is 4. The van der Waals surface area contributed by atoms with E-state index in [4.69, 9.17) is 0 Å². The second-order valence-electron chi connectivity index (χ2n) is 11.1. The number of likely N-dealkylation sites (N-methyl/N-ethyl adjacent to an activating group) is 1. The van der Waals surface area contributed by atoms with Crippen molar-refractivity contribution in [3.05, 3.63) is 65.0 Å². The first-order valence-electron chi connectivity index (χ1n) is 13.6. The largest absolute Gasteiger partial charge is 0.416 e. The molecule has 0 bridgehead atoms. The number of hydrogen-bond acceptors (Lipinski definition) is 3. The number of halogens is 8. The molecule has 2 aliphatic rings. The number of alkyl halides is 7. The average molecular weight is 635 g/mol. The van der Waals surface area contributed by atoms with Crippen LogP contribution in [0.4, 0.5) is 45.6 Å². The fourth-order valence-corrected chi connectivity index (χ4v) is 5.68. The predicted molar refractivity (Wildman–Crippen MR) is 143 cm³/mol. The van der Waals surface area contributed by atoms with E-state index >= 15 is 4.39 Å². The molecule has 2 aromatic carbocycles. The SMILES string of the molecule is CC(=O)N1CCC(F)(C(=O)N2C[C@@H](N(C)C(=O)N(C)c3cc(C(F)(F)F)cc(C(F)(F)F)c3)[C@H](c3ccc(F)cc3)C2)CC1. The summed E-state index contributed by atoms with van der Waals surface area (Å²) in [6.45, 7) is 1.07. The minimum absolute atomic E-state index is 0.0241. The van der Waals surface area contributed by atoms with E-state index in [1.807, 2.05) is 0 Å². The quantitative estimate of drug-likeness (QED) is 0.406. The lowest BCUT2D eigenvalue weighted by atomic mass is 9.91. The van der Waals surface area contributed by atoms with Crippen molar-refractivity contribution in [2.24, 2.45) is 0 Å². The molecule has 0 radical (unpaired) electrons. The zero-order valence-corrected chi connectivity index (χ0v) is 24.0. The summed E-state index contributed by atoms with van der Waals surface area (Å²) in [5.41, 5.74) is -5.69. The van der Waals surface area contributed by atoms with Gasteiger partial charge < -0.3 is 14.7 Å². The van der Waals surface area contributed by atoms with Gasteiger partial charge >= 0.3 is 18.4 Å². The van der Waals surface area contributed by atoms with Gasteiger partial charge in [-0.15, -0.1) is 0 Å². The number of carbonyl (C=O) groups is 3. The van der Waals surface area contributed by atoms with Gasteiger partial charge in [-0.2, -0.15) is 26.3 Å². The van der Waals surface area contributed by atoms with Crippen LogP contribution in [-0.2, 0) is 21.9 Å². The topological polar surface area (TPSA) is 64.2 Å². The Morgan fingerprint density at radius 2 is 1.36 bits per heavy atom. The fraction of sp³-hybridized carbons (Fsp3) is 0.483. The molecule has 2 saturated heterocycles. The molecule has 0 saturated carbocycles. The maximum absolute atomic E-state index is 15.9. The van der Waals surface area contributed by atoms with Crippen molar-refractivity contribution in [1.82, 2.24) is 14.7 Å². The summed E-state index contributed by atoms with van der Waals surface area (Å²) in [6, 6.07) is 4.03. The van der Waals surface area contributed by atoms with Crippen LogP contribution in [0.2, 0.25) is 0 Å². The van der Waals surface area contributed by atoms with E-state index in [0.29, 0.717) is 22.6 Å². The Kier molecular flexibility index (Phi) is 8.91. The molecule has 4 rings (SSSR count). The number of anilines is 1. The summed E-state index contributed by atoms with van der Waals surface area (Å²) < 4.78 is 110. The Bertz CT molecular complexity index is 1370. The molecule has 0 aromatic heterocycles. The molecule has 2 aromatic rings. The normalized spacial score (nSPS) is 20.4. The van der Waals surface area contributed by atoms with Crippen molar-refractivity contribution in [3.63, 3.8) is 0 Å². The van der Waals surface area contributed by atoms with E-state index in [-0.39, 0.29) is 51.0 Å². The number of amides is 4. The number of hydrogen-bond donors (Lipinski definition) is 0. The van der Waals surface area contributed by atoms with Crippen LogP contribution in [0, 0.1) is 5.82 Å². The van der Waals surface area contributed by atoms with E-state index in [1.54, 1.807) is 0 Å². The van der Waals surface area contributed by atoms with Crippen molar-refractivity contribution in [3.8, 4) is 0 Å². The summed E-state index contributed by atoms with van der Waals surface area (Å²) >= 11 is 0. The molecule has 0 unspecified atom stereocenters. The van der Waals surface area contributed by atoms with E-state index in [9.17, 15) is 45.1 Å². The predicted octanol–water partition coefficient (Wildman–Crippen LogP) is 5.70. The van der Waals surface area contributed by atoms with Crippen molar-refractivity contribution in [2.75, 3.05) is 45.2 Å². The van der Waals surface area contributed by atoms with Gasteiger partial charge in [-0.05, 0) is 35.9 Å². The molecule has 2 heterocycles. The van der Waals surface area contributed by atoms with Gasteiger partial charge in [0.1, 0.15) is 5.82 Å². The molecule has 2 fully saturated rings. The van der Waals surface area contributed by atoms with Crippen LogP contribution in [-0.4, -0.2) is 84.5 Å². The lowest BCUT2D eigenvalue weighted by molar-refractivity contribution is -0.149. The van der Waals surface area contributed by atoms with Crippen molar-refractivity contribution < 1.29 is 49.5 Å². The first-order valence-corrected chi connectivity index (χ1v) is 13.6. The summed E-state index contributed by atoms with van der Waals surface area (Å²) in [6.07, 6.45) is -10.8. The molecule has 0 spiro atoms. The molecular formula is C29H30F8N4O3. The number of piperidine rings is 1. The summed E-state index contributed by atoms with van der Waals surface area (Å²) in [5.74, 6) is -2.39. The number of likely N-dealkylation sites (tertiary alicyclic amines) is 2. The molecule has 15 heteroatoms. The van der Waals surface area contributed by atoms with Crippen LogP contribution in [0.15, 0.2) is 42.5 Å². The maximum Gasteiger partial charge on any atom is 0.416 e. The summed E-state index contributed by atoms with van der Waals surface area (Å²) in [4.78, 5) is 43.0. The Morgan fingerprint density at radius 1 is 0.841 bits per heavy atom. The Hall–Kier alpha value is -3.91. The van der Waals surface area contributed by atoms with Gasteiger partial charge in [0.05, 0.1) is 17.2 Å². The maximum atomic E-state index is 15.9. The zero-order valence-electron chi connectivity index (χ0n) is 24.0. The third-order valence-corrected chi connectivity index (χ3v) is 8.30. The van der Waals surface area contributed by atoms with Gasteiger partial charge in [0, 0.05) is 71.6 Å². The Morgan fingerprint density at radius 3 is 1.84 bits per heavy atom. The lowest BCUT2D eigenvalue weighted by Gasteiger charge is -2.37. The zero-order chi connectivity index (χ0) is 32.8. The van der Waals surface area contributed by atoms with Gasteiger partial charge in [-0.3, -0.25) is 14.5 Å². The number of urea groups is 1. The molecule has 0 aliphatic carbocycles. The smallest absolute Gasteiger partial charge is 0.343 e. The second-order valence-corrected chi connectivity index (χ2v) is 11.1. The molecule has 44 heavy (non-hydrogen) atoms. The molecule has 4 amide bonds. The highest BCUT2D eigenvalue weighted by atomic mass is 19.4. The van der Waals surface area contributed by atoms with Crippen molar-refractivity contribution >= 4 is 23.5 Å². The summed E-state index contributed by atoms with van der Waals surface area (Å²) in [5, 5.41) is 0. The van der Waals surface area contributed by atoms with Gasteiger partial charge in [-0.1, -0.05) is 12.1 Å². The molecular weight excluding hydrogens is 604 g/mol. The van der Waals surface area contributed by atoms with E-state index < -0.39 is 64.6 Å². The number of rotatable bonds is 4. The van der Waals surface area contributed by atoms with E-state index in [2.05, 4.69) is 0 Å². The highest BCUT2D eigenvalue weighted by molar-refractivity contribution is 5.92. The minimum atomic E-state index is -5.13. The first kappa shape index (κ1) is 33.0. The molecule has 2 aliphatic heterocycles. The standard InChI is InChI=1S/C29H30F8N4O3/c1-17(42)40-10-8-27(31,9-11-40)25(43)41-15-23(18-4-6-21(30)7-5-18)24(16-41)39(3)26(44)38(2)22-13-19(28(32,33)34)12-20(14-22)29(35,36)37/h4-7,12-14,23-24H,8-11,15-16H2,1-3H3/t23-,24+/m0/s1. The third-order valence-electron chi connectivity index (χ3n) is 8.30. The average Bonchev–Trinajstić information content (AvgIpc) is 3.40. The van der Waals surface area contributed by atoms with Crippen LogP contribution >= 0.6 is 0 Å². The molecule has 0 N–H and O–H groups in total. The van der Waals surface area contributed by atoms with E-state index in [0.717, 1.165) is 24.1 Å². The second kappa shape index (κ2) is 11.9. The van der Waals surface area contributed by atoms with Crippen LogP contribution in [0.1, 0.15) is 42.4 Å². The third kappa shape index (κ3) is 6.75. The number of carbonyl (C=O) groups excluding carboxylic acids is 3. The van der Waals surface area contributed by atoms with Crippen LogP contribution < -0.4 is 4.90 Å². The van der Waals surface area contributed by atoms with Gasteiger partial charge in [0.2, 0.25) is 5.91 Å². The molecule has 240 valence electrons. The monoisotopic (exact) mass is 634 g/mol. The number of benzene rings is 2. The lowest BCUT2D eigenvalue weighted by Crippen LogP contribution is -2.53. The van der Waals surface area contributed by atoms with Crippen LogP contribution in [0.3, 0.4) is 0 Å². The Labute approximate surface area is 248 Å². The van der Waals surface area contributed by atoms with Gasteiger partial charge in [-0.25, -0.2) is 13.6 Å². The van der Waals surface area contributed by atoms with Gasteiger partial charge in [0.25, 0.3) is 5.91 Å².